The number of nitriles is 2. The SMILES string of the molecule is N#CCc1cnc(N)c(C#N)c1C(F)F. The third-order valence-corrected chi connectivity index (χ3v) is 1.83. The summed E-state index contributed by atoms with van der Waals surface area (Å²) in [6.07, 6.45) is -1.96. The lowest BCUT2D eigenvalue weighted by Crippen LogP contribution is -2.04. The predicted octanol–water partition coefficient (Wildman–Crippen LogP) is 1.54. The Morgan fingerprint density at radius 1 is 1.47 bits per heavy atom. The monoisotopic (exact) mass is 208 g/mol. The van der Waals surface area contributed by atoms with Crippen LogP contribution in [0.4, 0.5) is 14.6 Å². The first-order chi connectivity index (χ1) is 7.11. The fraction of sp³-hybridized carbons (Fsp3) is 0.222. The second-order valence-electron chi connectivity index (χ2n) is 2.70. The number of aromatic nitrogens is 1. The number of nitrogens with zero attached hydrogens (tertiary/aromatic N) is 3. The minimum absolute atomic E-state index is 0.0400. The molecule has 0 aliphatic carbocycles. The summed E-state index contributed by atoms with van der Waals surface area (Å²) in [5, 5.41) is 17.1. The van der Waals surface area contributed by atoms with E-state index in [2.05, 4.69) is 4.98 Å². The standard InChI is InChI=1S/C9H6F2N4/c10-8(11)7-5(1-2-12)4-15-9(14)6(7)3-13/h4,8H,1H2,(H2,14,15). The summed E-state index contributed by atoms with van der Waals surface area (Å²) in [5.74, 6) is -0.241. The number of halogens is 2. The summed E-state index contributed by atoms with van der Waals surface area (Å²) >= 11 is 0. The van der Waals surface area contributed by atoms with E-state index in [-0.39, 0.29) is 23.4 Å². The van der Waals surface area contributed by atoms with Gasteiger partial charge >= 0.3 is 0 Å². The molecule has 0 saturated carbocycles. The van der Waals surface area contributed by atoms with Crippen LogP contribution in [0.3, 0.4) is 0 Å². The number of hydrogen-bond donors (Lipinski definition) is 1. The van der Waals surface area contributed by atoms with E-state index in [1.54, 1.807) is 12.1 Å². The molecule has 6 heteroatoms. The Morgan fingerprint density at radius 2 is 2.13 bits per heavy atom. The van der Waals surface area contributed by atoms with Crippen molar-refractivity contribution in [1.82, 2.24) is 4.98 Å². The first-order valence-corrected chi connectivity index (χ1v) is 3.94. The average molecular weight is 208 g/mol. The van der Waals surface area contributed by atoms with Crippen molar-refractivity contribution < 1.29 is 8.78 Å². The molecule has 0 unspecified atom stereocenters. The molecule has 4 nitrogen and oxygen atoms in total. The van der Waals surface area contributed by atoms with Crippen LogP contribution in [0, 0.1) is 22.7 Å². The zero-order valence-corrected chi connectivity index (χ0v) is 7.54. The van der Waals surface area contributed by atoms with Crippen molar-refractivity contribution >= 4 is 5.82 Å². The van der Waals surface area contributed by atoms with Gasteiger partial charge in [-0.15, -0.1) is 0 Å². The number of nitrogens with two attached hydrogens (primary N) is 1. The first kappa shape index (κ1) is 10.9. The summed E-state index contributed by atoms with van der Waals surface area (Å²) in [5.41, 5.74) is 4.48. The fourth-order valence-corrected chi connectivity index (χ4v) is 1.17. The maximum Gasteiger partial charge on any atom is 0.265 e. The maximum atomic E-state index is 12.6. The van der Waals surface area contributed by atoms with E-state index >= 15 is 0 Å². The normalized spacial score (nSPS) is 9.67. The minimum Gasteiger partial charge on any atom is -0.383 e. The molecule has 0 spiro atoms. The van der Waals surface area contributed by atoms with Crippen molar-refractivity contribution in [3.05, 3.63) is 22.9 Å². The Balaban J connectivity index is 3.45. The molecule has 0 bridgehead atoms. The van der Waals surface area contributed by atoms with Gasteiger partial charge in [0, 0.05) is 11.8 Å². The highest BCUT2D eigenvalue weighted by atomic mass is 19.3. The van der Waals surface area contributed by atoms with Crippen molar-refractivity contribution in [2.24, 2.45) is 0 Å². The largest absolute Gasteiger partial charge is 0.383 e. The van der Waals surface area contributed by atoms with Gasteiger partial charge < -0.3 is 5.73 Å². The molecule has 0 aliphatic rings. The molecular weight excluding hydrogens is 202 g/mol. The van der Waals surface area contributed by atoms with Crippen LogP contribution in [0.15, 0.2) is 6.20 Å². The summed E-state index contributed by atoms with van der Waals surface area (Å²) in [4.78, 5) is 3.58. The van der Waals surface area contributed by atoms with Gasteiger partial charge in [0.2, 0.25) is 0 Å². The lowest BCUT2D eigenvalue weighted by molar-refractivity contribution is 0.150. The van der Waals surface area contributed by atoms with Crippen LogP contribution in [0.1, 0.15) is 23.1 Å². The van der Waals surface area contributed by atoms with Crippen LogP contribution in [-0.4, -0.2) is 4.98 Å². The predicted molar refractivity (Wildman–Crippen MR) is 47.6 cm³/mol. The molecule has 0 aliphatic heterocycles. The van der Waals surface area contributed by atoms with E-state index in [0.29, 0.717) is 0 Å². The van der Waals surface area contributed by atoms with Crippen molar-refractivity contribution in [3.8, 4) is 12.1 Å². The lowest BCUT2D eigenvalue weighted by Gasteiger charge is -2.08. The van der Waals surface area contributed by atoms with E-state index < -0.39 is 12.0 Å². The van der Waals surface area contributed by atoms with E-state index in [9.17, 15) is 8.78 Å². The molecule has 0 amide bonds. The van der Waals surface area contributed by atoms with Gasteiger partial charge in [0.15, 0.2) is 0 Å². The minimum atomic E-state index is -2.84. The fourth-order valence-electron chi connectivity index (χ4n) is 1.17. The quantitative estimate of drug-likeness (QED) is 0.798. The van der Waals surface area contributed by atoms with E-state index in [1.807, 2.05) is 0 Å². The summed E-state index contributed by atoms with van der Waals surface area (Å²) in [6, 6.07) is 3.29. The van der Waals surface area contributed by atoms with Crippen molar-refractivity contribution in [3.63, 3.8) is 0 Å². The lowest BCUT2D eigenvalue weighted by atomic mass is 10.0. The van der Waals surface area contributed by atoms with Gasteiger partial charge in [-0.1, -0.05) is 0 Å². The smallest absolute Gasteiger partial charge is 0.265 e. The topological polar surface area (TPSA) is 86.5 Å². The second kappa shape index (κ2) is 4.34. The number of hydrogen-bond acceptors (Lipinski definition) is 4. The number of anilines is 1. The molecule has 15 heavy (non-hydrogen) atoms. The number of rotatable bonds is 2. The average Bonchev–Trinajstić information content (AvgIpc) is 2.20. The third-order valence-electron chi connectivity index (χ3n) is 1.83. The van der Waals surface area contributed by atoms with Gasteiger partial charge in [-0.3, -0.25) is 0 Å². The van der Waals surface area contributed by atoms with Crippen LogP contribution in [0.2, 0.25) is 0 Å². The van der Waals surface area contributed by atoms with Gasteiger partial charge in [-0.25, -0.2) is 13.8 Å². The van der Waals surface area contributed by atoms with Gasteiger partial charge in [0.05, 0.1) is 12.5 Å². The summed E-state index contributed by atoms with van der Waals surface area (Å²) in [7, 11) is 0. The number of alkyl halides is 2. The molecule has 0 fully saturated rings. The second-order valence-corrected chi connectivity index (χ2v) is 2.70. The molecule has 0 aromatic carbocycles. The highest BCUT2D eigenvalue weighted by Crippen LogP contribution is 2.28. The Labute approximate surface area is 84.6 Å². The third kappa shape index (κ3) is 2.00. The maximum absolute atomic E-state index is 12.6. The van der Waals surface area contributed by atoms with Crippen molar-refractivity contribution in [2.45, 2.75) is 12.8 Å². The molecule has 76 valence electrons. The van der Waals surface area contributed by atoms with Crippen molar-refractivity contribution in [1.29, 1.82) is 10.5 Å². The zero-order valence-electron chi connectivity index (χ0n) is 7.54. The Bertz CT molecular complexity index is 456. The van der Waals surface area contributed by atoms with Gasteiger partial charge in [-0.05, 0) is 5.56 Å². The van der Waals surface area contributed by atoms with Gasteiger partial charge in [0.1, 0.15) is 17.5 Å². The van der Waals surface area contributed by atoms with Crippen LogP contribution < -0.4 is 5.73 Å². The molecule has 1 heterocycles. The number of nitrogen functional groups attached to an aromatic ring is 1. The molecular formula is C9H6F2N4. The molecule has 2 N–H and O–H groups in total. The zero-order chi connectivity index (χ0) is 11.4. The molecule has 1 rings (SSSR count). The highest BCUT2D eigenvalue weighted by Gasteiger charge is 2.20. The van der Waals surface area contributed by atoms with E-state index in [4.69, 9.17) is 16.3 Å². The van der Waals surface area contributed by atoms with Crippen LogP contribution in [0.25, 0.3) is 0 Å². The molecule has 0 saturated heterocycles. The van der Waals surface area contributed by atoms with E-state index in [1.165, 1.54) is 0 Å². The van der Waals surface area contributed by atoms with Gasteiger partial charge in [-0.2, -0.15) is 10.5 Å². The Kier molecular flexibility index (Phi) is 3.14. The van der Waals surface area contributed by atoms with Crippen molar-refractivity contribution in [2.75, 3.05) is 5.73 Å². The van der Waals surface area contributed by atoms with Crippen LogP contribution in [-0.2, 0) is 6.42 Å². The first-order valence-electron chi connectivity index (χ1n) is 3.94. The van der Waals surface area contributed by atoms with Crippen LogP contribution in [0.5, 0.6) is 0 Å². The van der Waals surface area contributed by atoms with Gasteiger partial charge in [0.25, 0.3) is 6.43 Å². The summed E-state index contributed by atoms with van der Waals surface area (Å²) in [6.45, 7) is 0. The summed E-state index contributed by atoms with van der Waals surface area (Å²) < 4.78 is 25.3. The Hall–Kier alpha value is -2.21. The number of pyridine rings is 1. The molecule has 0 radical (unpaired) electrons. The highest BCUT2D eigenvalue weighted by molar-refractivity contribution is 5.56. The Morgan fingerprint density at radius 3 is 2.60 bits per heavy atom. The molecule has 1 aromatic heterocycles. The molecule has 1 aromatic rings. The molecule has 0 atom stereocenters. The van der Waals surface area contributed by atoms with Crippen LogP contribution >= 0.6 is 0 Å². The van der Waals surface area contributed by atoms with E-state index in [0.717, 1.165) is 6.20 Å².